The maximum absolute atomic E-state index is 12.4. The van der Waals surface area contributed by atoms with E-state index in [4.69, 9.17) is 9.84 Å². The second kappa shape index (κ2) is 14.5. The van der Waals surface area contributed by atoms with Crippen LogP contribution < -0.4 is 10.6 Å². The number of hydrogen-bond acceptors (Lipinski definition) is 9. The second-order valence-corrected chi connectivity index (χ2v) is 9.08. The van der Waals surface area contributed by atoms with Crippen molar-refractivity contribution in [3.63, 3.8) is 0 Å². The molecule has 1 fully saturated rings. The van der Waals surface area contributed by atoms with Crippen LogP contribution in [0.2, 0.25) is 0 Å². The minimum atomic E-state index is -1.37. The number of amides is 7. The summed E-state index contributed by atoms with van der Waals surface area (Å²) in [6.45, 7) is -2.33. The highest BCUT2D eigenvalue weighted by Crippen LogP contribution is 2.14. The lowest BCUT2D eigenvalue weighted by atomic mass is 10.1. The van der Waals surface area contributed by atoms with Gasteiger partial charge in [0.25, 0.3) is 11.8 Å². The zero-order valence-corrected chi connectivity index (χ0v) is 22.0. The number of benzene rings is 1. The fourth-order valence-corrected chi connectivity index (χ4v) is 3.82. The molecule has 0 radical (unpaired) electrons. The molecular weight excluding hydrogens is 542 g/mol. The van der Waals surface area contributed by atoms with Crippen LogP contribution in [-0.2, 0) is 49.5 Å². The largest absolute Gasteiger partial charge is 0.480 e. The average molecular weight is 572 g/mol. The molecule has 7 amide bonds. The number of carbonyl (C=O) groups excluding carboxylic acids is 7. The summed E-state index contributed by atoms with van der Waals surface area (Å²) in [6, 6.07) is 6.68. The fourth-order valence-electron chi connectivity index (χ4n) is 3.82. The zero-order valence-electron chi connectivity index (χ0n) is 22.0. The van der Waals surface area contributed by atoms with Crippen LogP contribution in [0, 0.1) is 0 Å². The fraction of sp³-hybridized carbons (Fsp3) is 0.385. The molecule has 3 rings (SSSR count). The summed E-state index contributed by atoms with van der Waals surface area (Å²) in [6.07, 6.45) is 3.21. The van der Waals surface area contributed by atoms with E-state index >= 15 is 0 Å². The van der Waals surface area contributed by atoms with E-state index in [1.54, 1.807) is 24.3 Å². The lowest BCUT2D eigenvalue weighted by Gasteiger charge is -2.28. The number of rotatable bonds is 15. The van der Waals surface area contributed by atoms with Crippen molar-refractivity contribution in [3.8, 4) is 0 Å². The van der Waals surface area contributed by atoms with E-state index in [-0.39, 0.29) is 31.3 Å². The number of carboxylic acids is 1. The van der Waals surface area contributed by atoms with Crippen LogP contribution in [0.3, 0.4) is 0 Å². The molecule has 41 heavy (non-hydrogen) atoms. The summed E-state index contributed by atoms with van der Waals surface area (Å²) in [4.78, 5) is 97.1. The van der Waals surface area contributed by atoms with E-state index in [1.807, 2.05) is 0 Å². The van der Waals surface area contributed by atoms with Crippen LogP contribution in [0.15, 0.2) is 36.4 Å². The molecule has 2 aliphatic heterocycles. The number of aliphatic carboxylic acids is 1. The maximum atomic E-state index is 12.4. The highest BCUT2D eigenvalue weighted by molar-refractivity contribution is 6.12. The SMILES string of the molecule is O=C(O)CN(CC(=O)NCCN1C(=O)C=CC1=O)C(=O)COCC(=O)Nc1ccc(CCC(=O)N2CCC2=O)cc1. The topological polar surface area (TPSA) is 200 Å². The minimum Gasteiger partial charge on any atom is -0.480 e. The lowest BCUT2D eigenvalue weighted by molar-refractivity contribution is -0.152. The summed E-state index contributed by atoms with van der Waals surface area (Å²) in [5.41, 5.74) is 1.28. The zero-order chi connectivity index (χ0) is 29.9. The number of β-lactam (4-membered cyclic amide) rings is 1. The molecular formula is C26H29N5O10. The van der Waals surface area contributed by atoms with E-state index in [1.165, 1.54) is 4.90 Å². The van der Waals surface area contributed by atoms with Crippen molar-refractivity contribution in [2.45, 2.75) is 19.3 Å². The number of anilines is 1. The third-order valence-corrected chi connectivity index (χ3v) is 6.05. The quantitative estimate of drug-likeness (QED) is 0.161. The minimum absolute atomic E-state index is 0.0924. The Kier molecular flexibility index (Phi) is 10.8. The van der Waals surface area contributed by atoms with Crippen molar-refractivity contribution in [1.29, 1.82) is 0 Å². The van der Waals surface area contributed by atoms with E-state index < -0.39 is 61.8 Å². The molecule has 0 bridgehead atoms. The first-order chi connectivity index (χ1) is 19.5. The van der Waals surface area contributed by atoms with E-state index in [9.17, 15) is 38.4 Å². The van der Waals surface area contributed by atoms with Crippen molar-refractivity contribution >= 4 is 53.0 Å². The Bertz CT molecular complexity index is 1240. The van der Waals surface area contributed by atoms with Gasteiger partial charge < -0.3 is 25.4 Å². The number of carbonyl (C=O) groups is 8. The van der Waals surface area contributed by atoms with Gasteiger partial charge in [-0.2, -0.15) is 0 Å². The van der Waals surface area contributed by atoms with Crippen LogP contribution in [0.1, 0.15) is 18.4 Å². The van der Waals surface area contributed by atoms with Crippen molar-refractivity contribution in [2.75, 3.05) is 51.3 Å². The Morgan fingerprint density at radius 3 is 2.20 bits per heavy atom. The molecule has 2 aliphatic rings. The molecule has 0 aromatic heterocycles. The number of likely N-dealkylation sites (tertiary alicyclic amines) is 1. The Balaban J connectivity index is 1.36. The normalized spacial score (nSPS) is 14.1. The molecule has 15 heteroatoms. The van der Waals surface area contributed by atoms with Crippen molar-refractivity contribution in [2.24, 2.45) is 0 Å². The highest BCUT2D eigenvalue weighted by Gasteiger charge is 2.29. The summed E-state index contributed by atoms with van der Waals surface area (Å²) >= 11 is 0. The molecule has 1 aromatic rings. The number of imide groups is 2. The second-order valence-electron chi connectivity index (χ2n) is 9.08. The molecule has 3 N–H and O–H groups in total. The number of nitrogens with zero attached hydrogens (tertiary/aromatic N) is 3. The van der Waals surface area contributed by atoms with Gasteiger partial charge in [-0.15, -0.1) is 0 Å². The maximum Gasteiger partial charge on any atom is 0.323 e. The van der Waals surface area contributed by atoms with Gasteiger partial charge in [-0.25, -0.2) is 0 Å². The molecule has 1 saturated heterocycles. The van der Waals surface area contributed by atoms with Gasteiger partial charge in [-0.3, -0.25) is 48.2 Å². The van der Waals surface area contributed by atoms with Gasteiger partial charge in [0.2, 0.25) is 29.5 Å². The van der Waals surface area contributed by atoms with Gasteiger partial charge in [0, 0.05) is 50.3 Å². The Morgan fingerprint density at radius 2 is 1.61 bits per heavy atom. The molecule has 0 saturated carbocycles. The van der Waals surface area contributed by atoms with Crippen LogP contribution in [-0.4, -0.2) is 113 Å². The molecule has 2 heterocycles. The van der Waals surface area contributed by atoms with Gasteiger partial charge in [-0.05, 0) is 24.1 Å². The third-order valence-electron chi connectivity index (χ3n) is 6.05. The molecule has 15 nitrogen and oxygen atoms in total. The van der Waals surface area contributed by atoms with Gasteiger partial charge >= 0.3 is 5.97 Å². The van der Waals surface area contributed by atoms with Crippen LogP contribution >= 0.6 is 0 Å². The molecule has 1 aromatic carbocycles. The number of hydrogen-bond donors (Lipinski definition) is 3. The predicted octanol–water partition coefficient (Wildman–Crippen LogP) is -1.71. The van der Waals surface area contributed by atoms with Crippen LogP contribution in [0.25, 0.3) is 0 Å². The molecule has 218 valence electrons. The summed E-state index contributed by atoms with van der Waals surface area (Å²) in [7, 11) is 0. The summed E-state index contributed by atoms with van der Waals surface area (Å²) < 4.78 is 5.10. The van der Waals surface area contributed by atoms with Crippen molar-refractivity contribution < 1.29 is 48.2 Å². The predicted molar refractivity (Wildman–Crippen MR) is 139 cm³/mol. The lowest BCUT2D eigenvalue weighted by Crippen LogP contribution is -2.47. The van der Waals surface area contributed by atoms with E-state index in [0.29, 0.717) is 25.1 Å². The van der Waals surface area contributed by atoms with Crippen LogP contribution in [0.5, 0.6) is 0 Å². The highest BCUT2D eigenvalue weighted by atomic mass is 16.5. The van der Waals surface area contributed by atoms with Gasteiger partial charge in [-0.1, -0.05) is 12.1 Å². The number of ether oxygens (including phenoxy) is 1. The van der Waals surface area contributed by atoms with Crippen molar-refractivity contribution in [3.05, 3.63) is 42.0 Å². The summed E-state index contributed by atoms with van der Waals surface area (Å²) in [5.74, 6) is -4.94. The average Bonchev–Trinajstić information content (AvgIpc) is 3.23. The van der Waals surface area contributed by atoms with E-state index in [0.717, 1.165) is 27.5 Å². The first-order valence-electron chi connectivity index (χ1n) is 12.6. The smallest absolute Gasteiger partial charge is 0.323 e. The van der Waals surface area contributed by atoms with Crippen molar-refractivity contribution in [1.82, 2.24) is 20.0 Å². The standard InChI is InChI=1S/C26H29N5O10/c32-19(27-10-12-31-22(35)7-8-23(31)36)13-29(14-26(39)40)25(38)16-41-15-20(33)28-18-4-1-17(2-5-18)3-6-21(34)30-11-9-24(30)37/h1-2,4-5,7-8H,3,6,9-16H2,(H,27,32)(H,28,33)(H,39,40). The Labute approximate surface area is 234 Å². The number of carboxylic acid groups (broad SMARTS) is 1. The molecule has 0 aliphatic carbocycles. The van der Waals surface area contributed by atoms with Gasteiger partial charge in [0.15, 0.2) is 0 Å². The number of aryl methyl sites for hydroxylation is 1. The number of nitrogens with one attached hydrogen (secondary N) is 2. The molecule has 0 unspecified atom stereocenters. The first-order valence-corrected chi connectivity index (χ1v) is 12.6. The molecule has 0 spiro atoms. The Morgan fingerprint density at radius 1 is 0.927 bits per heavy atom. The first kappa shape index (κ1) is 30.6. The third kappa shape index (κ3) is 9.35. The summed E-state index contributed by atoms with van der Waals surface area (Å²) in [5, 5.41) is 14.1. The Hall–Kier alpha value is -4.92. The van der Waals surface area contributed by atoms with Gasteiger partial charge in [0.05, 0.1) is 0 Å². The molecule has 0 atom stereocenters. The van der Waals surface area contributed by atoms with Gasteiger partial charge in [0.1, 0.15) is 26.3 Å². The van der Waals surface area contributed by atoms with E-state index in [2.05, 4.69) is 10.6 Å². The van der Waals surface area contributed by atoms with Crippen LogP contribution in [0.4, 0.5) is 5.69 Å². The monoisotopic (exact) mass is 571 g/mol.